The molecule has 1 aliphatic heterocycles. The lowest BCUT2D eigenvalue weighted by atomic mass is 10.1. The van der Waals surface area contributed by atoms with Crippen molar-refractivity contribution in [2.24, 2.45) is 4.99 Å². The van der Waals surface area contributed by atoms with Gasteiger partial charge in [0.25, 0.3) is 0 Å². The SMILES string of the molecule is COc1ccc(CCN2C(=O)CC(C(=O)Nc3cccc(OC)c3)SC2=Nc2cccc(C(F)(F)F)c2)cc1. The van der Waals surface area contributed by atoms with Crippen molar-refractivity contribution in [3.05, 3.63) is 83.9 Å². The van der Waals surface area contributed by atoms with Crippen molar-refractivity contribution in [1.29, 1.82) is 0 Å². The molecule has 1 fully saturated rings. The predicted octanol–water partition coefficient (Wildman–Crippen LogP) is 5.93. The van der Waals surface area contributed by atoms with E-state index in [1.54, 1.807) is 43.5 Å². The van der Waals surface area contributed by atoms with Gasteiger partial charge in [-0.2, -0.15) is 13.2 Å². The van der Waals surface area contributed by atoms with Crippen LogP contribution in [-0.4, -0.2) is 47.9 Å². The average molecular weight is 558 g/mol. The molecule has 0 aliphatic carbocycles. The van der Waals surface area contributed by atoms with E-state index in [1.807, 2.05) is 12.1 Å². The number of methoxy groups -OCH3 is 2. The number of amidine groups is 1. The smallest absolute Gasteiger partial charge is 0.416 e. The van der Waals surface area contributed by atoms with E-state index in [4.69, 9.17) is 9.47 Å². The van der Waals surface area contributed by atoms with Gasteiger partial charge in [0, 0.05) is 24.7 Å². The summed E-state index contributed by atoms with van der Waals surface area (Å²) in [7, 11) is 3.07. The first-order chi connectivity index (χ1) is 18.7. The molecule has 1 atom stereocenters. The van der Waals surface area contributed by atoms with Crippen molar-refractivity contribution in [2.75, 3.05) is 26.1 Å². The molecule has 3 aromatic carbocycles. The van der Waals surface area contributed by atoms with Crippen LogP contribution in [0.5, 0.6) is 11.5 Å². The van der Waals surface area contributed by atoms with Crippen LogP contribution in [0.1, 0.15) is 17.5 Å². The maximum Gasteiger partial charge on any atom is 0.416 e. The second-order valence-electron chi connectivity index (χ2n) is 8.62. The fourth-order valence-corrected chi connectivity index (χ4v) is 5.00. The van der Waals surface area contributed by atoms with Crippen LogP contribution in [0.3, 0.4) is 0 Å². The summed E-state index contributed by atoms with van der Waals surface area (Å²) in [6.07, 6.45) is -4.16. The summed E-state index contributed by atoms with van der Waals surface area (Å²) < 4.78 is 50.2. The number of carbonyl (C=O) groups excluding carboxylic acids is 2. The minimum absolute atomic E-state index is 0.0310. The summed E-state index contributed by atoms with van der Waals surface area (Å²) in [5.41, 5.74) is 0.604. The molecule has 1 aliphatic rings. The van der Waals surface area contributed by atoms with Crippen LogP contribution in [0.2, 0.25) is 0 Å². The Hall–Kier alpha value is -3.99. The van der Waals surface area contributed by atoms with E-state index in [-0.39, 0.29) is 29.7 Å². The summed E-state index contributed by atoms with van der Waals surface area (Å²) in [4.78, 5) is 32.1. The molecule has 2 amide bonds. The van der Waals surface area contributed by atoms with Crippen molar-refractivity contribution in [2.45, 2.75) is 24.3 Å². The third-order valence-corrected chi connectivity index (χ3v) is 7.14. The molecular weight excluding hydrogens is 531 g/mol. The Morgan fingerprint density at radius 1 is 1.03 bits per heavy atom. The van der Waals surface area contributed by atoms with Crippen LogP contribution in [0, 0.1) is 0 Å². The molecule has 1 saturated heterocycles. The van der Waals surface area contributed by atoms with Gasteiger partial charge in [0.15, 0.2) is 5.17 Å². The van der Waals surface area contributed by atoms with Crippen molar-refractivity contribution in [1.82, 2.24) is 4.90 Å². The van der Waals surface area contributed by atoms with Crippen LogP contribution in [0.15, 0.2) is 77.8 Å². The minimum Gasteiger partial charge on any atom is -0.497 e. The second kappa shape index (κ2) is 12.2. The Kier molecular flexibility index (Phi) is 8.80. The fraction of sp³-hybridized carbons (Fsp3) is 0.250. The first-order valence-electron chi connectivity index (χ1n) is 12.0. The molecule has 0 saturated carbocycles. The van der Waals surface area contributed by atoms with Crippen LogP contribution in [-0.2, 0) is 22.2 Å². The number of rotatable bonds is 8. The number of hydrogen-bond donors (Lipinski definition) is 1. The third-order valence-electron chi connectivity index (χ3n) is 5.95. The summed E-state index contributed by atoms with van der Waals surface area (Å²) in [6.45, 7) is 0.236. The van der Waals surface area contributed by atoms with Crippen molar-refractivity contribution in [3.63, 3.8) is 0 Å². The first kappa shape index (κ1) is 28.0. The van der Waals surface area contributed by atoms with Gasteiger partial charge in [-0.1, -0.05) is 36.0 Å². The lowest BCUT2D eigenvalue weighted by molar-refractivity contribution is -0.137. The quantitative estimate of drug-likeness (QED) is 0.372. The molecule has 1 unspecified atom stereocenters. The zero-order chi connectivity index (χ0) is 28.0. The molecule has 39 heavy (non-hydrogen) atoms. The topological polar surface area (TPSA) is 80.2 Å². The van der Waals surface area contributed by atoms with E-state index in [2.05, 4.69) is 10.3 Å². The number of anilines is 1. The highest BCUT2D eigenvalue weighted by molar-refractivity contribution is 8.15. The number of aliphatic imine (C=N–C) groups is 1. The van der Waals surface area contributed by atoms with E-state index < -0.39 is 22.9 Å². The highest BCUT2D eigenvalue weighted by Crippen LogP contribution is 2.34. The number of ether oxygens (including phenoxy) is 2. The number of nitrogens with zero attached hydrogens (tertiary/aromatic N) is 2. The molecule has 4 rings (SSSR count). The van der Waals surface area contributed by atoms with Gasteiger partial charge in [0.05, 0.1) is 25.5 Å². The zero-order valence-electron chi connectivity index (χ0n) is 21.2. The Bertz CT molecular complexity index is 1360. The van der Waals surface area contributed by atoms with Gasteiger partial charge in [-0.3, -0.25) is 14.5 Å². The number of nitrogens with one attached hydrogen (secondary N) is 1. The molecular formula is C28H26F3N3O4S. The van der Waals surface area contributed by atoms with Crippen LogP contribution >= 0.6 is 11.8 Å². The summed E-state index contributed by atoms with van der Waals surface area (Å²) in [5, 5.41) is 2.11. The van der Waals surface area contributed by atoms with Crippen LogP contribution < -0.4 is 14.8 Å². The molecule has 1 heterocycles. The summed E-state index contributed by atoms with van der Waals surface area (Å²) in [5.74, 6) is 0.476. The van der Waals surface area contributed by atoms with Crippen LogP contribution in [0.25, 0.3) is 0 Å². The molecule has 7 nitrogen and oxygen atoms in total. The molecule has 0 bridgehead atoms. The number of hydrogen-bond acceptors (Lipinski definition) is 6. The molecule has 1 N–H and O–H groups in total. The lowest BCUT2D eigenvalue weighted by Gasteiger charge is -2.32. The Balaban J connectivity index is 1.59. The maximum atomic E-state index is 13.3. The highest BCUT2D eigenvalue weighted by Gasteiger charge is 2.36. The number of thioether (sulfide) groups is 1. The zero-order valence-corrected chi connectivity index (χ0v) is 22.0. The minimum atomic E-state index is -4.54. The normalized spacial score (nSPS) is 16.7. The predicted molar refractivity (Wildman–Crippen MR) is 145 cm³/mol. The number of amides is 2. The Morgan fingerprint density at radius 2 is 1.74 bits per heavy atom. The lowest BCUT2D eigenvalue weighted by Crippen LogP contribution is -2.46. The first-order valence-corrected chi connectivity index (χ1v) is 12.8. The number of halogens is 3. The Labute approximate surface area is 228 Å². The monoisotopic (exact) mass is 557 g/mol. The van der Waals surface area contributed by atoms with Crippen LogP contribution in [0.4, 0.5) is 24.5 Å². The van der Waals surface area contributed by atoms with Gasteiger partial charge >= 0.3 is 6.18 Å². The molecule has 3 aromatic rings. The van der Waals surface area contributed by atoms with E-state index >= 15 is 0 Å². The largest absolute Gasteiger partial charge is 0.497 e. The standard InChI is InChI=1S/C28H26F3N3O4S/c1-37-22-11-9-18(10-12-22)13-14-34-25(35)17-24(26(36)32-21-7-4-8-23(16-21)38-2)39-27(34)33-20-6-3-5-19(15-20)28(29,30)31/h3-12,15-16,24H,13-14,17H2,1-2H3,(H,32,36). The molecule has 11 heteroatoms. The summed E-state index contributed by atoms with van der Waals surface area (Å²) in [6, 6.07) is 18.7. The fourth-order valence-electron chi connectivity index (χ4n) is 3.88. The molecule has 0 radical (unpaired) electrons. The molecule has 204 valence electrons. The van der Waals surface area contributed by atoms with Gasteiger partial charge in [-0.25, -0.2) is 4.99 Å². The second-order valence-corrected chi connectivity index (χ2v) is 9.79. The van der Waals surface area contributed by atoms with Gasteiger partial charge in [0.1, 0.15) is 16.7 Å². The van der Waals surface area contributed by atoms with Crippen molar-refractivity contribution < 1.29 is 32.2 Å². The van der Waals surface area contributed by atoms with Gasteiger partial charge < -0.3 is 14.8 Å². The van der Waals surface area contributed by atoms with E-state index in [1.165, 1.54) is 24.1 Å². The van der Waals surface area contributed by atoms with Crippen molar-refractivity contribution in [3.8, 4) is 11.5 Å². The Morgan fingerprint density at radius 3 is 2.44 bits per heavy atom. The van der Waals surface area contributed by atoms with Gasteiger partial charge in [-0.15, -0.1) is 0 Å². The van der Waals surface area contributed by atoms with E-state index in [9.17, 15) is 22.8 Å². The van der Waals surface area contributed by atoms with E-state index in [0.29, 0.717) is 23.6 Å². The third kappa shape index (κ3) is 7.32. The highest BCUT2D eigenvalue weighted by atomic mass is 32.2. The number of carbonyl (C=O) groups is 2. The molecule has 0 aromatic heterocycles. The van der Waals surface area contributed by atoms with Gasteiger partial charge in [0.2, 0.25) is 11.8 Å². The molecule has 0 spiro atoms. The van der Waals surface area contributed by atoms with Gasteiger partial charge in [-0.05, 0) is 54.4 Å². The van der Waals surface area contributed by atoms with E-state index in [0.717, 1.165) is 29.5 Å². The average Bonchev–Trinajstić information content (AvgIpc) is 2.92. The summed E-state index contributed by atoms with van der Waals surface area (Å²) >= 11 is 1.04. The number of benzene rings is 3. The maximum absolute atomic E-state index is 13.3. The number of alkyl halides is 3. The van der Waals surface area contributed by atoms with Crippen molar-refractivity contribution >= 4 is 40.1 Å².